The van der Waals surface area contributed by atoms with Gasteiger partial charge in [-0.2, -0.15) is 0 Å². The summed E-state index contributed by atoms with van der Waals surface area (Å²) in [6.45, 7) is 9.83. The number of aromatic nitrogens is 3. The highest BCUT2D eigenvalue weighted by molar-refractivity contribution is 6.30. The first kappa shape index (κ1) is 24.5. The van der Waals surface area contributed by atoms with Gasteiger partial charge in [-0.25, -0.2) is 9.97 Å². The van der Waals surface area contributed by atoms with Crippen molar-refractivity contribution >= 4 is 28.9 Å². The molecule has 2 saturated heterocycles. The number of nitrogens with one attached hydrogen (secondary N) is 1. The number of halogens is 1. The number of benzene rings is 1. The summed E-state index contributed by atoms with van der Waals surface area (Å²) < 4.78 is 7.92. The van der Waals surface area contributed by atoms with Crippen molar-refractivity contribution < 1.29 is 4.74 Å². The molecule has 0 atom stereocenters. The van der Waals surface area contributed by atoms with Crippen LogP contribution in [0.3, 0.4) is 0 Å². The second-order valence-electron chi connectivity index (χ2n) is 10.5. The van der Waals surface area contributed by atoms with Crippen LogP contribution in [-0.4, -0.2) is 83.8 Å². The Kier molecular flexibility index (Phi) is 6.73. The van der Waals surface area contributed by atoms with Crippen LogP contribution in [0.2, 0.25) is 5.15 Å². The molecule has 2 aromatic heterocycles. The number of anilines is 3. The highest BCUT2D eigenvalue weighted by Gasteiger charge is 2.27. The van der Waals surface area contributed by atoms with Gasteiger partial charge in [0.1, 0.15) is 10.9 Å². The summed E-state index contributed by atoms with van der Waals surface area (Å²) in [5.74, 6) is 1.35. The van der Waals surface area contributed by atoms with Crippen molar-refractivity contribution in [3.63, 3.8) is 0 Å². The lowest BCUT2D eigenvalue weighted by atomic mass is 10.0. The van der Waals surface area contributed by atoms with E-state index in [1.807, 2.05) is 12.3 Å². The fourth-order valence-electron chi connectivity index (χ4n) is 6.04. The molecule has 196 valence electrons. The van der Waals surface area contributed by atoms with E-state index < -0.39 is 0 Å². The molecule has 8 nitrogen and oxygen atoms in total. The highest BCUT2D eigenvalue weighted by Crippen LogP contribution is 2.37. The summed E-state index contributed by atoms with van der Waals surface area (Å²) in [7, 11) is 3.94. The standard InChI is InChI=1S/C28H36ClN7O/c1-19-16-25(29)36-11-6-20-18-30-28(32-26(20)27(19)36)31-23-5-4-22(17-24(23)37-3)34-9-7-21(8-10-34)35-14-12-33(2)13-15-35/h4-5,16-18,21H,6-15H2,1-3H3,(H,30,31,32). The van der Waals surface area contributed by atoms with Crippen LogP contribution in [0.5, 0.6) is 5.75 Å². The van der Waals surface area contributed by atoms with E-state index in [2.05, 4.69) is 61.7 Å². The van der Waals surface area contributed by atoms with Crippen molar-refractivity contribution in [2.75, 3.05) is 63.6 Å². The van der Waals surface area contributed by atoms with E-state index in [-0.39, 0.29) is 0 Å². The Morgan fingerprint density at radius 3 is 2.57 bits per heavy atom. The van der Waals surface area contributed by atoms with Crippen LogP contribution >= 0.6 is 11.6 Å². The summed E-state index contributed by atoms with van der Waals surface area (Å²) in [4.78, 5) is 17.1. The molecule has 0 radical (unpaired) electrons. The number of piperazine rings is 1. The number of aryl methyl sites for hydroxylation is 2. The number of piperidine rings is 1. The molecule has 6 rings (SSSR count). The fourth-order valence-corrected chi connectivity index (χ4v) is 6.37. The summed E-state index contributed by atoms with van der Waals surface area (Å²) in [5.41, 5.74) is 6.38. The molecular weight excluding hydrogens is 486 g/mol. The molecule has 0 amide bonds. The fraction of sp³-hybridized carbons (Fsp3) is 0.500. The maximum absolute atomic E-state index is 6.45. The Morgan fingerprint density at radius 2 is 1.81 bits per heavy atom. The third-order valence-electron chi connectivity index (χ3n) is 8.25. The SMILES string of the molecule is COc1cc(N2CCC(N3CCN(C)CC3)CC2)ccc1Nc1ncc2c(n1)-c1c(C)cc(Cl)n1CC2. The Balaban J connectivity index is 1.16. The van der Waals surface area contributed by atoms with Gasteiger partial charge in [-0.1, -0.05) is 11.6 Å². The van der Waals surface area contributed by atoms with E-state index in [0.717, 1.165) is 65.2 Å². The summed E-state index contributed by atoms with van der Waals surface area (Å²) in [5, 5.41) is 4.16. The van der Waals surface area contributed by atoms with Crippen LogP contribution in [0.1, 0.15) is 24.0 Å². The minimum absolute atomic E-state index is 0.558. The first-order chi connectivity index (χ1) is 18.0. The lowest BCUT2D eigenvalue weighted by molar-refractivity contribution is 0.0982. The van der Waals surface area contributed by atoms with Crippen molar-refractivity contribution in [3.8, 4) is 17.1 Å². The largest absolute Gasteiger partial charge is 0.494 e. The zero-order chi connectivity index (χ0) is 25.5. The van der Waals surface area contributed by atoms with Crippen LogP contribution in [-0.2, 0) is 13.0 Å². The number of likely N-dealkylation sites (N-methyl/N-ethyl adjacent to an activating group) is 1. The molecule has 0 bridgehead atoms. The summed E-state index contributed by atoms with van der Waals surface area (Å²) in [6.07, 6.45) is 5.22. The summed E-state index contributed by atoms with van der Waals surface area (Å²) >= 11 is 6.45. The third kappa shape index (κ3) is 4.78. The Labute approximate surface area is 224 Å². The number of fused-ring (bicyclic) bond motifs is 3. The quantitative estimate of drug-likeness (QED) is 0.533. The number of hydrogen-bond acceptors (Lipinski definition) is 7. The molecule has 1 N–H and O–H groups in total. The predicted molar refractivity (Wildman–Crippen MR) is 149 cm³/mol. The van der Waals surface area contributed by atoms with Gasteiger partial charge in [0, 0.05) is 75.4 Å². The zero-order valence-electron chi connectivity index (χ0n) is 22.0. The van der Waals surface area contributed by atoms with Gasteiger partial charge in [-0.15, -0.1) is 0 Å². The normalized spacial score (nSPS) is 19.0. The number of rotatable bonds is 5. The molecule has 3 aliphatic rings. The van der Waals surface area contributed by atoms with E-state index in [4.69, 9.17) is 21.3 Å². The van der Waals surface area contributed by atoms with E-state index >= 15 is 0 Å². The Bertz CT molecular complexity index is 1280. The minimum atomic E-state index is 0.558. The summed E-state index contributed by atoms with van der Waals surface area (Å²) in [6, 6.07) is 9.10. The lowest BCUT2D eigenvalue weighted by Crippen LogP contribution is -2.52. The van der Waals surface area contributed by atoms with Gasteiger partial charge in [0.2, 0.25) is 5.95 Å². The Hall–Kier alpha value is -2.81. The number of methoxy groups -OCH3 is 1. The molecule has 2 fully saturated rings. The predicted octanol–water partition coefficient (Wildman–Crippen LogP) is 4.43. The average Bonchev–Trinajstić information content (AvgIpc) is 3.22. The van der Waals surface area contributed by atoms with Crippen molar-refractivity contribution in [3.05, 3.63) is 46.7 Å². The van der Waals surface area contributed by atoms with Crippen molar-refractivity contribution in [1.29, 1.82) is 0 Å². The smallest absolute Gasteiger partial charge is 0.227 e. The molecular formula is C28H36ClN7O. The molecule has 3 aliphatic heterocycles. The third-order valence-corrected chi connectivity index (χ3v) is 8.56. The molecule has 5 heterocycles. The average molecular weight is 522 g/mol. The molecule has 0 spiro atoms. The first-order valence-corrected chi connectivity index (χ1v) is 13.7. The lowest BCUT2D eigenvalue weighted by Gasteiger charge is -2.42. The van der Waals surface area contributed by atoms with Crippen LogP contribution in [0.15, 0.2) is 30.5 Å². The second-order valence-corrected chi connectivity index (χ2v) is 10.9. The second kappa shape index (κ2) is 10.2. The van der Waals surface area contributed by atoms with Crippen LogP contribution in [0.4, 0.5) is 17.3 Å². The van der Waals surface area contributed by atoms with Crippen molar-refractivity contribution in [2.45, 2.75) is 38.8 Å². The number of hydrogen-bond donors (Lipinski definition) is 1. The van der Waals surface area contributed by atoms with E-state index in [0.29, 0.717) is 12.0 Å². The minimum Gasteiger partial charge on any atom is -0.494 e. The van der Waals surface area contributed by atoms with E-state index in [9.17, 15) is 0 Å². The Morgan fingerprint density at radius 1 is 1.03 bits per heavy atom. The molecule has 0 saturated carbocycles. The maximum atomic E-state index is 6.45. The maximum Gasteiger partial charge on any atom is 0.227 e. The van der Waals surface area contributed by atoms with Gasteiger partial charge in [0.15, 0.2) is 0 Å². The molecule has 37 heavy (non-hydrogen) atoms. The monoisotopic (exact) mass is 521 g/mol. The van der Waals surface area contributed by atoms with E-state index in [1.165, 1.54) is 44.7 Å². The number of ether oxygens (including phenoxy) is 1. The van der Waals surface area contributed by atoms with Gasteiger partial charge in [-0.05, 0) is 57.0 Å². The van der Waals surface area contributed by atoms with Crippen LogP contribution < -0.4 is 15.0 Å². The van der Waals surface area contributed by atoms with E-state index in [1.54, 1.807) is 7.11 Å². The number of nitrogens with zero attached hydrogens (tertiary/aromatic N) is 6. The van der Waals surface area contributed by atoms with Gasteiger partial charge in [0.25, 0.3) is 0 Å². The van der Waals surface area contributed by atoms with Gasteiger partial charge in [0.05, 0.1) is 24.2 Å². The molecule has 1 aromatic carbocycles. The first-order valence-electron chi connectivity index (χ1n) is 13.3. The van der Waals surface area contributed by atoms with Crippen molar-refractivity contribution in [1.82, 2.24) is 24.3 Å². The molecule has 0 aliphatic carbocycles. The molecule has 3 aromatic rings. The zero-order valence-corrected chi connectivity index (χ0v) is 22.8. The van der Waals surface area contributed by atoms with Crippen LogP contribution in [0.25, 0.3) is 11.4 Å². The van der Waals surface area contributed by atoms with Crippen molar-refractivity contribution in [2.24, 2.45) is 0 Å². The topological polar surface area (TPSA) is 61.7 Å². The molecule has 0 unspecified atom stereocenters. The van der Waals surface area contributed by atoms with Gasteiger partial charge >= 0.3 is 0 Å². The highest BCUT2D eigenvalue weighted by atomic mass is 35.5. The van der Waals surface area contributed by atoms with Gasteiger partial charge in [-0.3, -0.25) is 4.90 Å². The van der Waals surface area contributed by atoms with Crippen LogP contribution in [0, 0.1) is 6.92 Å². The molecule has 9 heteroatoms. The van der Waals surface area contributed by atoms with Gasteiger partial charge < -0.3 is 24.4 Å².